The van der Waals surface area contributed by atoms with E-state index in [1.807, 2.05) is 36.4 Å². The molecule has 8 heteroatoms. The number of hydrogen-bond donors (Lipinski definition) is 2. The zero-order valence-corrected chi connectivity index (χ0v) is 14.9. The minimum absolute atomic E-state index is 0.0954. The fourth-order valence-electron chi connectivity index (χ4n) is 2.88. The van der Waals surface area contributed by atoms with Crippen molar-refractivity contribution in [1.29, 1.82) is 0 Å². The molecule has 0 atom stereocenters. The molecule has 26 heavy (non-hydrogen) atoms. The molecule has 2 aromatic rings. The molecule has 1 aliphatic rings. The number of para-hydroxylation sites is 1. The van der Waals surface area contributed by atoms with Gasteiger partial charge >= 0.3 is 0 Å². The second-order valence-electron chi connectivity index (χ2n) is 6.07. The Morgan fingerprint density at radius 2 is 1.96 bits per heavy atom. The maximum Gasteiger partial charge on any atom is 0.243 e. The topological polar surface area (TPSA) is 86.0 Å². The lowest BCUT2D eigenvalue weighted by atomic mass is 10.3. The molecule has 0 spiro atoms. The normalized spacial score (nSPS) is 15.7. The number of rotatable bonds is 5. The van der Waals surface area contributed by atoms with Gasteiger partial charge in [-0.2, -0.15) is 0 Å². The Morgan fingerprint density at radius 3 is 2.62 bits per heavy atom. The number of carbonyl (C=O) groups excluding carboxylic acids is 1. The third-order valence-electron chi connectivity index (χ3n) is 4.23. The molecule has 0 bridgehead atoms. The Balaban J connectivity index is 1.42. The zero-order chi connectivity index (χ0) is 18.2. The van der Waals surface area contributed by atoms with Gasteiger partial charge in [-0.15, -0.1) is 0 Å². The van der Waals surface area contributed by atoms with Crippen molar-refractivity contribution in [2.75, 3.05) is 45.1 Å². The molecule has 3 rings (SSSR count). The Hall–Kier alpha value is -2.87. The second kappa shape index (κ2) is 9.00. The number of aromatic nitrogens is 1. The van der Waals surface area contributed by atoms with Crippen molar-refractivity contribution in [3.8, 4) is 0 Å². The molecular weight excluding hydrogens is 332 g/mol. The van der Waals surface area contributed by atoms with E-state index in [-0.39, 0.29) is 12.5 Å². The fourth-order valence-corrected chi connectivity index (χ4v) is 2.88. The van der Waals surface area contributed by atoms with Crippen molar-refractivity contribution in [3.05, 3.63) is 48.4 Å². The lowest BCUT2D eigenvalue weighted by Gasteiger charge is -2.36. The lowest BCUT2D eigenvalue weighted by Crippen LogP contribution is -2.53. The summed E-state index contributed by atoms with van der Waals surface area (Å²) in [6, 6.07) is 11.3. The summed E-state index contributed by atoms with van der Waals surface area (Å²) in [4.78, 5) is 20.9. The van der Waals surface area contributed by atoms with Crippen LogP contribution in [0.4, 0.5) is 5.69 Å². The standard InChI is InChI=1S/C18H24N6O2/c1-19-18(20-13-17(25)21-15-5-3-2-4-6-15)24-10-8-23(9-11-24)14-16-7-12-26-22-16/h2-7,12H,8-11,13-14H2,1H3,(H,19,20)(H,21,25). The van der Waals surface area contributed by atoms with Gasteiger partial charge in [0.05, 0.1) is 12.2 Å². The van der Waals surface area contributed by atoms with Crippen molar-refractivity contribution in [1.82, 2.24) is 20.3 Å². The maximum atomic E-state index is 12.1. The number of hydrogen-bond acceptors (Lipinski definition) is 5. The molecule has 2 N–H and O–H groups in total. The van der Waals surface area contributed by atoms with E-state index in [2.05, 4.69) is 30.6 Å². The number of guanidine groups is 1. The van der Waals surface area contributed by atoms with E-state index in [0.29, 0.717) is 0 Å². The second-order valence-corrected chi connectivity index (χ2v) is 6.07. The predicted octanol–water partition coefficient (Wildman–Crippen LogP) is 1.01. The highest BCUT2D eigenvalue weighted by atomic mass is 16.5. The van der Waals surface area contributed by atoms with Gasteiger partial charge in [0, 0.05) is 51.5 Å². The predicted molar refractivity (Wildman–Crippen MR) is 99.8 cm³/mol. The molecular formula is C18H24N6O2. The van der Waals surface area contributed by atoms with Crippen molar-refractivity contribution < 1.29 is 9.32 Å². The van der Waals surface area contributed by atoms with Crippen LogP contribution in [0.15, 0.2) is 52.2 Å². The summed E-state index contributed by atoms with van der Waals surface area (Å²) in [5.74, 6) is 0.649. The average molecular weight is 356 g/mol. The highest BCUT2D eigenvalue weighted by Crippen LogP contribution is 2.07. The molecule has 1 aromatic carbocycles. The van der Waals surface area contributed by atoms with E-state index >= 15 is 0 Å². The van der Waals surface area contributed by atoms with E-state index in [4.69, 9.17) is 4.52 Å². The summed E-state index contributed by atoms with van der Waals surface area (Å²) in [6.45, 7) is 4.47. The number of nitrogens with one attached hydrogen (secondary N) is 2. The van der Waals surface area contributed by atoms with Gasteiger partial charge < -0.3 is 20.1 Å². The smallest absolute Gasteiger partial charge is 0.243 e. The first-order valence-electron chi connectivity index (χ1n) is 8.66. The minimum Gasteiger partial charge on any atom is -0.364 e. The number of amides is 1. The molecule has 1 aromatic heterocycles. The molecule has 1 aliphatic heterocycles. The molecule has 0 unspecified atom stereocenters. The first kappa shape index (κ1) is 17.9. The van der Waals surface area contributed by atoms with Gasteiger partial charge in [-0.25, -0.2) is 0 Å². The van der Waals surface area contributed by atoms with E-state index < -0.39 is 0 Å². The Bertz CT molecular complexity index is 709. The molecule has 0 aliphatic carbocycles. The number of benzene rings is 1. The monoisotopic (exact) mass is 356 g/mol. The third-order valence-corrected chi connectivity index (χ3v) is 4.23. The Kier molecular flexibility index (Phi) is 6.21. The number of piperazine rings is 1. The first-order chi connectivity index (χ1) is 12.7. The summed E-state index contributed by atoms with van der Waals surface area (Å²) in [5.41, 5.74) is 1.73. The summed E-state index contributed by atoms with van der Waals surface area (Å²) >= 11 is 0. The number of nitrogens with zero attached hydrogens (tertiary/aromatic N) is 4. The summed E-state index contributed by atoms with van der Waals surface area (Å²) in [7, 11) is 1.74. The van der Waals surface area contributed by atoms with Crippen LogP contribution in [0.2, 0.25) is 0 Å². The van der Waals surface area contributed by atoms with Gasteiger partial charge in [0.25, 0.3) is 0 Å². The molecule has 138 valence electrons. The van der Waals surface area contributed by atoms with Crippen LogP contribution in [0, 0.1) is 0 Å². The largest absolute Gasteiger partial charge is 0.364 e. The molecule has 8 nitrogen and oxygen atoms in total. The summed E-state index contributed by atoms with van der Waals surface area (Å²) in [5, 5.41) is 9.95. The quantitative estimate of drug-likeness (QED) is 0.614. The summed E-state index contributed by atoms with van der Waals surface area (Å²) in [6.07, 6.45) is 1.60. The minimum atomic E-state index is -0.0954. The number of anilines is 1. The highest BCUT2D eigenvalue weighted by molar-refractivity contribution is 5.94. The Labute approximate surface area is 152 Å². The molecule has 1 saturated heterocycles. The molecule has 2 heterocycles. The lowest BCUT2D eigenvalue weighted by molar-refractivity contribution is -0.115. The van der Waals surface area contributed by atoms with Crippen LogP contribution < -0.4 is 10.6 Å². The van der Waals surface area contributed by atoms with Crippen molar-refractivity contribution in [2.24, 2.45) is 4.99 Å². The number of carbonyl (C=O) groups is 1. The first-order valence-corrected chi connectivity index (χ1v) is 8.66. The molecule has 1 amide bonds. The molecule has 1 fully saturated rings. The van der Waals surface area contributed by atoms with Gasteiger partial charge in [0.2, 0.25) is 5.91 Å². The van der Waals surface area contributed by atoms with Crippen LogP contribution in [-0.2, 0) is 11.3 Å². The van der Waals surface area contributed by atoms with Crippen LogP contribution >= 0.6 is 0 Å². The highest BCUT2D eigenvalue weighted by Gasteiger charge is 2.20. The van der Waals surface area contributed by atoms with Crippen LogP contribution in [0.3, 0.4) is 0 Å². The summed E-state index contributed by atoms with van der Waals surface area (Å²) < 4.78 is 4.88. The molecule has 0 radical (unpaired) electrons. The van der Waals surface area contributed by atoms with Gasteiger partial charge in [0.15, 0.2) is 5.96 Å². The SMILES string of the molecule is CN=C(NCC(=O)Nc1ccccc1)N1CCN(Cc2ccon2)CC1. The zero-order valence-electron chi connectivity index (χ0n) is 14.9. The van der Waals surface area contributed by atoms with Crippen molar-refractivity contribution >= 4 is 17.6 Å². The maximum absolute atomic E-state index is 12.1. The fraction of sp³-hybridized carbons (Fsp3) is 0.389. The van der Waals surface area contributed by atoms with Gasteiger partial charge in [0.1, 0.15) is 6.26 Å². The van der Waals surface area contributed by atoms with Crippen LogP contribution in [0.25, 0.3) is 0 Å². The van der Waals surface area contributed by atoms with E-state index in [1.54, 1.807) is 13.3 Å². The average Bonchev–Trinajstić information content (AvgIpc) is 3.17. The van der Waals surface area contributed by atoms with E-state index in [9.17, 15) is 4.79 Å². The third kappa shape index (κ3) is 5.06. The van der Waals surface area contributed by atoms with Gasteiger partial charge in [-0.05, 0) is 12.1 Å². The van der Waals surface area contributed by atoms with E-state index in [1.165, 1.54) is 0 Å². The van der Waals surface area contributed by atoms with E-state index in [0.717, 1.165) is 50.1 Å². The number of aliphatic imine (C=N–C) groups is 1. The van der Waals surface area contributed by atoms with Crippen LogP contribution in [-0.4, -0.2) is 66.6 Å². The van der Waals surface area contributed by atoms with Gasteiger partial charge in [-0.1, -0.05) is 23.4 Å². The van der Waals surface area contributed by atoms with Crippen LogP contribution in [0.1, 0.15) is 5.69 Å². The van der Waals surface area contributed by atoms with Crippen molar-refractivity contribution in [3.63, 3.8) is 0 Å². The molecule has 0 saturated carbocycles. The van der Waals surface area contributed by atoms with Gasteiger partial charge in [-0.3, -0.25) is 14.7 Å². The Morgan fingerprint density at radius 1 is 1.19 bits per heavy atom. The van der Waals surface area contributed by atoms with Crippen molar-refractivity contribution in [2.45, 2.75) is 6.54 Å². The van der Waals surface area contributed by atoms with Crippen LogP contribution in [0.5, 0.6) is 0 Å².